The molecule has 0 radical (unpaired) electrons. The SMILES string of the molecule is CNC(=O)c1cc(N2CCOCC2)cc([N+](=O)[O-])c1.O=C(O)c1cc(N2CCOCC2)cc([N+](=O)[O-])c1. The first-order valence-corrected chi connectivity index (χ1v) is 11.4. The van der Waals surface area contributed by atoms with Crippen LogP contribution in [0.2, 0.25) is 0 Å². The molecule has 0 bridgehead atoms. The molecule has 1 amide bonds. The van der Waals surface area contributed by atoms with Crippen molar-refractivity contribution in [1.29, 1.82) is 0 Å². The first-order chi connectivity index (χ1) is 17.7. The van der Waals surface area contributed by atoms with Gasteiger partial charge in [0.25, 0.3) is 17.3 Å². The van der Waals surface area contributed by atoms with Gasteiger partial charge in [0.15, 0.2) is 0 Å². The predicted octanol–water partition coefficient (Wildman–Crippen LogP) is 1.92. The molecule has 2 fully saturated rings. The molecule has 4 rings (SSSR count). The molecule has 198 valence electrons. The van der Waals surface area contributed by atoms with Crippen LogP contribution >= 0.6 is 0 Å². The lowest BCUT2D eigenvalue weighted by atomic mass is 10.1. The van der Waals surface area contributed by atoms with Crippen LogP contribution in [0.15, 0.2) is 36.4 Å². The maximum atomic E-state index is 11.6. The topological polar surface area (TPSA) is 178 Å². The number of amides is 1. The number of carbonyl (C=O) groups excluding carboxylic acids is 1. The molecule has 0 saturated carbocycles. The summed E-state index contributed by atoms with van der Waals surface area (Å²) >= 11 is 0. The molecule has 2 aliphatic rings. The van der Waals surface area contributed by atoms with E-state index in [4.69, 9.17) is 14.6 Å². The average molecular weight is 517 g/mol. The van der Waals surface area contributed by atoms with Crippen molar-refractivity contribution in [3.63, 3.8) is 0 Å². The fourth-order valence-corrected chi connectivity index (χ4v) is 3.81. The summed E-state index contributed by atoms with van der Waals surface area (Å²) in [6, 6.07) is 8.32. The molecule has 0 aliphatic carbocycles. The second-order valence-electron chi connectivity index (χ2n) is 8.07. The molecule has 0 unspecified atom stereocenters. The van der Waals surface area contributed by atoms with Gasteiger partial charge >= 0.3 is 5.97 Å². The number of ether oxygens (including phenoxy) is 2. The van der Waals surface area contributed by atoms with Gasteiger partial charge in [0.05, 0.1) is 41.8 Å². The van der Waals surface area contributed by atoms with Crippen LogP contribution in [-0.4, -0.2) is 86.5 Å². The number of carboxylic acid groups (broad SMARTS) is 1. The van der Waals surface area contributed by atoms with Crippen LogP contribution in [0.3, 0.4) is 0 Å². The lowest BCUT2D eigenvalue weighted by molar-refractivity contribution is -0.385. The Bertz CT molecular complexity index is 1130. The lowest BCUT2D eigenvalue weighted by Crippen LogP contribution is -2.36. The fourth-order valence-electron chi connectivity index (χ4n) is 3.81. The largest absolute Gasteiger partial charge is 0.478 e. The molecule has 0 spiro atoms. The molecule has 2 heterocycles. The number of aromatic carboxylic acids is 1. The zero-order chi connectivity index (χ0) is 26.9. The quantitative estimate of drug-likeness (QED) is 0.422. The maximum absolute atomic E-state index is 11.6. The van der Waals surface area contributed by atoms with E-state index in [2.05, 4.69) is 5.32 Å². The van der Waals surface area contributed by atoms with E-state index in [9.17, 15) is 29.8 Å². The molecule has 2 aliphatic heterocycles. The van der Waals surface area contributed by atoms with Gasteiger partial charge in [0.2, 0.25) is 0 Å². The Morgan fingerprint density at radius 1 is 0.784 bits per heavy atom. The first kappa shape index (κ1) is 27.3. The molecular weight excluding hydrogens is 490 g/mol. The summed E-state index contributed by atoms with van der Waals surface area (Å²) in [7, 11) is 1.50. The van der Waals surface area contributed by atoms with Crippen molar-refractivity contribution >= 4 is 34.6 Å². The van der Waals surface area contributed by atoms with Crippen LogP contribution in [0.4, 0.5) is 22.7 Å². The molecule has 37 heavy (non-hydrogen) atoms. The molecule has 0 atom stereocenters. The number of nitrogens with zero attached hydrogens (tertiary/aromatic N) is 4. The van der Waals surface area contributed by atoms with Crippen LogP contribution in [0.1, 0.15) is 20.7 Å². The highest BCUT2D eigenvalue weighted by molar-refractivity contribution is 5.95. The zero-order valence-corrected chi connectivity index (χ0v) is 20.1. The van der Waals surface area contributed by atoms with Crippen LogP contribution in [-0.2, 0) is 9.47 Å². The first-order valence-electron chi connectivity index (χ1n) is 11.4. The number of nitrogens with one attached hydrogen (secondary N) is 1. The Kier molecular flexibility index (Phi) is 9.29. The molecule has 0 aromatic heterocycles. The Labute approximate surface area is 211 Å². The standard InChI is InChI=1S/C12H15N3O4.C11H12N2O5/c1-13-12(16)9-6-10(8-11(7-9)15(17)18)14-2-4-19-5-3-14;14-11(15)8-5-9(7-10(6-8)13(16)17)12-1-3-18-4-2-12/h6-8H,2-5H2,1H3,(H,13,16);5-7H,1-4H2,(H,14,15). The van der Waals surface area contributed by atoms with Gasteiger partial charge < -0.3 is 29.7 Å². The third kappa shape index (κ3) is 7.35. The number of nitro benzene ring substituents is 2. The third-order valence-corrected chi connectivity index (χ3v) is 5.72. The Morgan fingerprint density at radius 3 is 1.57 bits per heavy atom. The van der Waals surface area contributed by atoms with Gasteiger partial charge in [-0.1, -0.05) is 0 Å². The average Bonchev–Trinajstić information content (AvgIpc) is 2.93. The molecule has 2 saturated heterocycles. The van der Waals surface area contributed by atoms with Gasteiger partial charge in [-0.05, 0) is 12.1 Å². The fraction of sp³-hybridized carbons (Fsp3) is 0.391. The normalized spacial score (nSPS) is 15.3. The number of hydrogen-bond acceptors (Lipinski definition) is 10. The van der Waals surface area contributed by atoms with E-state index >= 15 is 0 Å². The van der Waals surface area contributed by atoms with E-state index < -0.39 is 15.8 Å². The number of hydrogen-bond donors (Lipinski definition) is 2. The minimum atomic E-state index is -1.17. The highest BCUT2D eigenvalue weighted by atomic mass is 16.6. The van der Waals surface area contributed by atoms with Gasteiger partial charge in [0, 0.05) is 74.4 Å². The second-order valence-corrected chi connectivity index (χ2v) is 8.07. The van der Waals surface area contributed by atoms with Crippen molar-refractivity contribution in [3.8, 4) is 0 Å². The molecule has 14 nitrogen and oxygen atoms in total. The molecular formula is C23H27N5O9. The summed E-state index contributed by atoms with van der Waals surface area (Å²) in [5.74, 6) is -1.51. The van der Waals surface area contributed by atoms with E-state index in [1.807, 2.05) is 9.80 Å². The number of non-ortho nitro benzene ring substituents is 2. The van der Waals surface area contributed by atoms with Gasteiger partial charge in [-0.3, -0.25) is 25.0 Å². The summed E-state index contributed by atoms with van der Waals surface area (Å²) in [5, 5.41) is 33.1. The third-order valence-electron chi connectivity index (χ3n) is 5.72. The minimum absolute atomic E-state index is 0.0781. The van der Waals surface area contributed by atoms with Crippen molar-refractivity contribution < 1.29 is 34.0 Å². The molecule has 2 aromatic rings. The van der Waals surface area contributed by atoms with Crippen molar-refractivity contribution in [3.05, 3.63) is 67.8 Å². The Morgan fingerprint density at radius 2 is 1.19 bits per heavy atom. The number of nitro groups is 2. The number of benzene rings is 2. The van der Waals surface area contributed by atoms with E-state index in [1.54, 1.807) is 6.07 Å². The van der Waals surface area contributed by atoms with Crippen molar-refractivity contribution in [2.24, 2.45) is 0 Å². The summed E-state index contributed by atoms with van der Waals surface area (Å²) < 4.78 is 10.4. The van der Waals surface area contributed by atoms with Crippen molar-refractivity contribution in [2.45, 2.75) is 0 Å². The van der Waals surface area contributed by atoms with E-state index in [0.29, 0.717) is 64.0 Å². The maximum Gasteiger partial charge on any atom is 0.336 e. The summed E-state index contributed by atoms with van der Waals surface area (Å²) in [4.78, 5) is 47.1. The second kappa shape index (κ2) is 12.6. The van der Waals surface area contributed by atoms with Crippen LogP contribution in [0.5, 0.6) is 0 Å². The number of morpholine rings is 2. The molecule has 14 heteroatoms. The van der Waals surface area contributed by atoms with Gasteiger partial charge in [-0.15, -0.1) is 0 Å². The minimum Gasteiger partial charge on any atom is -0.478 e. The monoisotopic (exact) mass is 517 g/mol. The summed E-state index contributed by atoms with van der Waals surface area (Å²) in [6.45, 7) is 4.75. The van der Waals surface area contributed by atoms with Crippen molar-refractivity contribution in [1.82, 2.24) is 5.32 Å². The van der Waals surface area contributed by atoms with Crippen molar-refractivity contribution in [2.75, 3.05) is 69.5 Å². The van der Waals surface area contributed by atoms with Gasteiger partial charge in [-0.2, -0.15) is 0 Å². The number of carbonyl (C=O) groups is 2. The smallest absolute Gasteiger partial charge is 0.336 e. The summed E-state index contributed by atoms with van der Waals surface area (Å²) in [6.07, 6.45) is 0. The highest BCUT2D eigenvalue weighted by Crippen LogP contribution is 2.26. The molecule has 2 N–H and O–H groups in total. The lowest BCUT2D eigenvalue weighted by Gasteiger charge is -2.28. The van der Waals surface area contributed by atoms with Crippen LogP contribution < -0.4 is 15.1 Å². The number of anilines is 2. The molecule has 2 aromatic carbocycles. The van der Waals surface area contributed by atoms with Gasteiger partial charge in [-0.25, -0.2) is 4.79 Å². The number of carboxylic acids is 1. The van der Waals surface area contributed by atoms with Crippen LogP contribution in [0, 0.1) is 20.2 Å². The Balaban J connectivity index is 0.000000206. The van der Waals surface area contributed by atoms with Crippen LogP contribution in [0.25, 0.3) is 0 Å². The summed E-state index contributed by atoms with van der Waals surface area (Å²) in [5.41, 5.74) is 1.14. The number of rotatable bonds is 6. The van der Waals surface area contributed by atoms with E-state index in [0.717, 1.165) is 6.07 Å². The zero-order valence-electron chi connectivity index (χ0n) is 20.1. The van der Waals surface area contributed by atoms with Gasteiger partial charge in [0.1, 0.15) is 0 Å². The predicted molar refractivity (Wildman–Crippen MR) is 133 cm³/mol. The van der Waals surface area contributed by atoms with E-state index in [1.165, 1.54) is 31.3 Å². The van der Waals surface area contributed by atoms with E-state index in [-0.39, 0.29) is 28.4 Å². The highest BCUT2D eigenvalue weighted by Gasteiger charge is 2.20. The Hall–Kier alpha value is -4.30.